The van der Waals surface area contributed by atoms with E-state index >= 15 is 0 Å². The number of rotatable bonds is 1. The normalized spacial score (nSPS) is 36.1. The number of amides is 1. The van der Waals surface area contributed by atoms with Crippen LogP contribution in [0.4, 0.5) is 0 Å². The van der Waals surface area contributed by atoms with Crippen molar-refractivity contribution in [2.24, 2.45) is 11.3 Å². The van der Waals surface area contributed by atoms with E-state index in [4.69, 9.17) is 0 Å². The number of nitrogens with one attached hydrogen (secondary N) is 1. The zero-order valence-corrected chi connectivity index (χ0v) is 9.34. The third-order valence-electron chi connectivity index (χ3n) is 3.33. The quantitative estimate of drug-likeness (QED) is 0.674. The molecule has 2 rings (SSSR count). The fourth-order valence-corrected chi connectivity index (χ4v) is 2.33. The highest BCUT2D eigenvalue weighted by Gasteiger charge is 2.39. The molecule has 2 fully saturated rings. The van der Waals surface area contributed by atoms with Crippen molar-refractivity contribution in [2.45, 2.75) is 33.2 Å². The molecule has 2 aliphatic rings. The average molecular weight is 196 g/mol. The molecule has 0 radical (unpaired) electrons. The predicted molar refractivity (Wildman–Crippen MR) is 55.9 cm³/mol. The van der Waals surface area contributed by atoms with Gasteiger partial charge < -0.3 is 10.2 Å². The molecule has 3 atom stereocenters. The molecule has 0 saturated carbocycles. The summed E-state index contributed by atoms with van der Waals surface area (Å²) in [6, 6.07) is 0.412. The van der Waals surface area contributed by atoms with Gasteiger partial charge in [0.05, 0.1) is 0 Å². The largest absolute Gasteiger partial charge is 0.351 e. The van der Waals surface area contributed by atoms with Crippen molar-refractivity contribution in [2.75, 3.05) is 19.6 Å². The van der Waals surface area contributed by atoms with Crippen molar-refractivity contribution in [3.8, 4) is 0 Å². The van der Waals surface area contributed by atoms with E-state index in [9.17, 15) is 4.79 Å². The fraction of sp³-hybridized carbons (Fsp3) is 0.909. The van der Waals surface area contributed by atoms with Gasteiger partial charge in [-0.2, -0.15) is 0 Å². The lowest BCUT2D eigenvalue weighted by atomic mass is 9.93. The highest BCUT2D eigenvalue weighted by atomic mass is 16.2. The molecule has 2 saturated heterocycles. The van der Waals surface area contributed by atoms with Gasteiger partial charge in [-0.25, -0.2) is 0 Å². The summed E-state index contributed by atoms with van der Waals surface area (Å²) in [5.41, 5.74) is -0.253. The van der Waals surface area contributed by atoms with Gasteiger partial charge in [0, 0.05) is 24.5 Å². The number of carbonyl (C=O) groups is 1. The smallest absolute Gasteiger partial charge is 0.225 e. The standard InChI is InChI=1S/C11H20N2O/c1-11(2,3)10(14)12-9-7-13-5-4-8(9)6-13/h8-9H,4-7H2,1-3H3,(H,12,14). The lowest BCUT2D eigenvalue weighted by Gasteiger charge is -2.27. The lowest BCUT2D eigenvalue weighted by Crippen LogP contribution is -2.47. The second-order valence-electron chi connectivity index (χ2n) is 5.64. The second-order valence-corrected chi connectivity index (χ2v) is 5.64. The summed E-state index contributed by atoms with van der Waals surface area (Å²) in [6.07, 6.45) is 1.26. The van der Waals surface area contributed by atoms with E-state index in [1.165, 1.54) is 19.5 Å². The van der Waals surface area contributed by atoms with Gasteiger partial charge in [-0.3, -0.25) is 4.79 Å². The van der Waals surface area contributed by atoms with Crippen LogP contribution in [0.3, 0.4) is 0 Å². The zero-order valence-electron chi connectivity index (χ0n) is 9.34. The van der Waals surface area contributed by atoms with Crippen molar-refractivity contribution in [3.05, 3.63) is 0 Å². The number of hydrogen-bond donors (Lipinski definition) is 1. The molecule has 0 spiro atoms. The van der Waals surface area contributed by atoms with Crippen LogP contribution in [-0.2, 0) is 4.79 Å². The van der Waals surface area contributed by atoms with Gasteiger partial charge in [-0.05, 0) is 18.9 Å². The van der Waals surface area contributed by atoms with Gasteiger partial charge in [0.2, 0.25) is 5.91 Å². The van der Waals surface area contributed by atoms with Crippen LogP contribution >= 0.6 is 0 Å². The Morgan fingerprint density at radius 1 is 1.36 bits per heavy atom. The Balaban J connectivity index is 1.90. The van der Waals surface area contributed by atoms with Crippen LogP contribution in [0, 0.1) is 11.3 Å². The molecule has 0 aromatic rings. The van der Waals surface area contributed by atoms with Crippen LogP contribution in [0.2, 0.25) is 0 Å². The summed E-state index contributed by atoms with van der Waals surface area (Å²) < 4.78 is 0. The summed E-state index contributed by atoms with van der Waals surface area (Å²) in [4.78, 5) is 14.2. The number of piperidine rings is 1. The van der Waals surface area contributed by atoms with Gasteiger partial charge in [-0.1, -0.05) is 20.8 Å². The van der Waals surface area contributed by atoms with Crippen LogP contribution in [0.5, 0.6) is 0 Å². The van der Waals surface area contributed by atoms with Gasteiger partial charge in [0.25, 0.3) is 0 Å². The van der Waals surface area contributed by atoms with Crippen LogP contribution in [-0.4, -0.2) is 36.5 Å². The first-order valence-corrected chi connectivity index (χ1v) is 5.50. The maximum Gasteiger partial charge on any atom is 0.225 e. The molecule has 0 aromatic heterocycles. The lowest BCUT2D eigenvalue weighted by molar-refractivity contribution is -0.129. The monoisotopic (exact) mass is 196 g/mol. The topological polar surface area (TPSA) is 32.3 Å². The third-order valence-corrected chi connectivity index (χ3v) is 3.33. The van der Waals surface area contributed by atoms with E-state index in [2.05, 4.69) is 10.2 Å². The SMILES string of the molecule is CC(C)(C)C(=O)NC1CN2CCC1C2. The van der Waals surface area contributed by atoms with E-state index in [0.717, 1.165) is 6.54 Å². The maximum absolute atomic E-state index is 11.8. The average Bonchev–Trinajstić information content (AvgIpc) is 2.62. The first-order valence-electron chi connectivity index (χ1n) is 5.50. The van der Waals surface area contributed by atoms with Crippen molar-refractivity contribution < 1.29 is 4.79 Å². The molecule has 0 aliphatic carbocycles. The summed E-state index contributed by atoms with van der Waals surface area (Å²) in [6.45, 7) is 9.38. The molecule has 1 N–H and O–H groups in total. The first kappa shape index (κ1) is 9.97. The molecule has 1 amide bonds. The second kappa shape index (κ2) is 3.23. The van der Waals surface area contributed by atoms with Gasteiger partial charge in [-0.15, -0.1) is 0 Å². The minimum absolute atomic E-state index is 0.191. The summed E-state index contributed by atoms with van der Waals surface area (Å²) >= 11 is 0. The molecule has 3 heteroatoms. The number of carbonyl (C=O) groups excluding carboxylic acids is 1. The van der Waals surface area contributed by atoms with E-state index in [-0.39, 0.29) is 11.3 Å². The van der Waals surface area contributed by atoms with Gasteiger partial charge in [0.15, 0.2) is 0 Å². The summed E-state index contributed by atoms with van der Waals surface area (Å²) in [5.74, 6) is 0.901. The van der Waals surface area contributed by atoms with Crippen LogP contribution in [0.1, 0.15) is 27.2 Å². The molecule has 0 aromatic carbocycles. The number of hydrogen-bond acceptors (Lipinski definition) is 2. The van der Waals surface area contributed by atoms with Crippen LogP contribution in [0.25, 0.3) is 0 Å². The minimum Gasteiger partial charge on any atom is -0.351 e. The highest BCUT2D eigenvalue weighted by molar-refractivity contribution is 5.81. The molecule has 2 bridgehead atoms. The zero-order chi connectivity index (χ0) is 10.3. The Hall–Kier alpha value is -0.570. The van der Waals surface area contributed by atoms with E-state index in [1.807, 2.05) is 20.8 Å². The molecule has 3 unspecified atom stereocenters. The fourth-order valence-electron chi connectivity index (χ4n) is 2.33. The summed E-state index contributed by atoms with van der Waals surface area (Å²) in [5, 5.41) is 3.17. The summed E-state index contributed by atoms with van der Waals surface area (Å²) in [7, 11) is 0. The van der Waals surface area contributed by atoms with Gasteiger partial charge in [0.1, 0.15) is 0 Å². The minimum atomic E-state index is -0.253. The molecular formula is C11H20N2O. The molecule has 80 valence electrons. The first-order chi connectivity index (χ1) is 6.47. The van der Waals surface area contributed by atoms with Gasteiger partial charge >= 0.3 is 0 Å². The Bertz CT molecular complexity index is 244. The maximum atomic E-state index is 11.8. The van der Waals surface area contributed by atoms with E-state index < -0.39 is 0 Å². The molecule has 2 aliphatic heterocycles. The van der Waals surface area contributed by atoms with E-state index in [1.54, 1.807) is 0 Å². The van der Waals surface area contributed by atoms with Crippen molar-refractivity contribution in [3.63, 3.8) is 0 Å². The van der Waals surface area contributed by atoms with Crippen LogP contribution in [0.15, 0.2) is 0 Å². The van der Waals surface area contributed by atoms with Crippen molar-refractivity contribution in [1.29, 1.82) is 0 Å². The Morgan fingerprint density at radius 3 is 2.50 bits per heavy atom. The van der Waals surface area contributed by atoms with Crippen LogP contribution < -0.4 is 5.32 Å². The Morgan fingerprint density at radius 2 is 2.07 bits per heavy atom. The number of fused-ring (bicyclic) bond motifs is 2. The highest BCUT2D eigenvalue weighted by Crippen LogP contribution is 2.28. The molecular weight excluding hydrogens is 176 g/mol. The Kier molecular flexibility index (Phi) is 2.30. The van der Waals surface area contributed by atoms with E-state index in [0.29, 0.717) is 12.0 Å². The molecule has 2 heterocycles. The van der Waals surface area contributed by atoms with Crippen molar-refractivity contribution in [1.82, 2.24) is 10.2 Å². The molecule has 14 heavy (non-hydrogen) atoms. The van der Waals surface area contributed by atoms with Crippen molar-refractivity contribution >= 4 is 5.91 Å². The Labute approximate surface area is 85.8 Å². The number of nitrogens with zero attached hydrogens (tertiary/aromatic N) is 1. The molecule has 3 nitrogen and oxygen atoms in total. The predicted octanol–water partition coefficient (Wildman–Crippen LogP) is 0.853. The third kappa shape index (κ3) is 1.78.